The van der Waals surface area contributed by atoms with Crippen molar-refractivity contribution in [3.05, 3.63) is 41.4 Å². The SMILES string of the molecule is N#Cc1c(N)cc(-c2ccc(OC(F)(F)F)cc2)c2ncsc12. The smallest absolute Gasteiger partial charge is 0.406 e. The Hall–Kier alpha value is -2.79. The van der Waals surface area contributed by atoms with Gasteiger partial charge in [-0.05, 0) is 23.8 Å². The van der Waals surface area contributed by atoms with Crippen LogP contribution < -0.4 is 10.5 Å². The fourth-order valence-electron chi connectivity index (χ4n) is 2.21. The molecule has 3 rings (SSSR count). The van der Waals surface area contributed by atoms with Crippen LogP contribution in [0.1, 0.15) is 5.56 Å². The third-order valence-electron chi connectivity index (χ3n) is 3.15. The van der Waals surface area contributed by atoms with Crippen LogP contribution in [0.4, 0.5) is 18.9 Å². The molecule has 4 nitrogen and oxygen atoms in total. The molecular weight excluding hydrogens is 327 g/mol. The number of thiazole rings is 1. The van der Waals surface area contributed by atoms with Gasteiger partial charge in [0.15, 0.2) is 0 Å². The first-order valence-electron chi connectivity index (χ1n) is 6.31. The number of fused-ring (bicyclic) bond motifs is 1. The minimum absolute atomic E-state index is 0.301. The van der Waals surface area contributed by atoms with E-state index in [0.29, 0.717) is 32.6 Å². The highest BCUT2D eigenvalue weighted by Gasteiger charge is 2.31. The zero-order valence-corrected chi connectivity index (χ0v) is 12.2. The van der Waals surface area contributed by atoms with Crippen molar-refractivity contribution in [3.8, 4) is 22.9 Å². The Morgan fingerprint density at radius 1 is 1.22 bits per heavy atom. The molecule has 0 saturated carbocycles. The van der Waals surface area contributed by atoms with Crippen LogP contribution >= 0.6 is 11.3 Å². The molecule has 0 spiro atoms. The number of hydrogen-bond acceptors (Lipinski definition) is 5. The molecule has 1 heterocycles. The van der Waals surface area contributed by atoms with Crippen LogP contribution in [0.5, 0.6) is 5.75 Å². The number of aromatic nitrogens is 1. The second kappa shape index (κ2) is 5.44. The van der Waals surface area contributed by atoms with Crippen molar-refractivity contribution in [3.63, 3.8) is 0 Å². The number of nitriles is 1. The molecule has 0 bridgehead atoms. The zero-order valence-electron chi connectivity index (χ0n) is 11.4. The lowest BCUT2D eigenvalue weighted by Crippen LogP contribution is -2.16. The Bertz CT molecular complexity index is 911. The molecule has 2 aromatic carbocycles. The molecule has 1 aromatic heterocycles. The third kappa shape index (κ3) is 2.91. The zero-order chi connectivity index (χ0) is 16.6. The fourth-order valence-corrected chi connectivity index (χ4v) is 3.03. The lowest BCUT2D eigenvalue weighted by molar-refractivity contribution is -0.274. The number of alkyl halides is 3. The Labute approximate surface area is 132 Å². The van der Waals surface area contributed by atoms with E-state index in [0.717, 1.165) is 0 Å². The quantitative estimate of drug-likeness (QED) is 0.708. The Kier molecular flexibility index (Phi) is 3.58. The van der Waals surface area contributed by atoms with Crippen LogP contribution in [0.15, 0.2) is 35.8 Å². The first-order chi connectivity index (χ1) is 10.9. The number of anilines is 1. The Morgan fingerprint density at radius 2 is 1.91 bits per heavy atom. The second-order valence-corrected chi connectivity index (χ2v) is 5.46. The average molecular weight is 335 g/mol. The maximum atomic E-state index is 12.2. The van der Waals surface area contributed by atoms with Crippen molar-refractivity contribution in [2.75, 3.05) is 5.73 Å². The molecule has 23 heavy (non-hydrogen) atoms. The van der Waals surface area contributed by atoms with E-state index in [4.69, 9.17) is 11.0 Å². The summed E-state index contributed by atoms with van der Waals surface area (Å²) >= 11 is 1.29. The maximum absolute atomic E-state index is 12.2. The van der Waals surface area contributed by atoms with E-state index in [9.17, 15) is 13.2 Å². The van der Waals surface area contributed by atoms with Crippen LogP contribution in [-0.4, -0.2) is 11.3 Å². The number of nitrogens with two attached hydrogens (primary N) is 1. The molecule has 0 saturated heterocycles. The summed E-state index contributed by atoms with van der Waals surface area (Å²) in [6.45, 7) is 0. The summed E-state index contributed by atoms with van der Waals surface area (Å²) in [6.07, 6.45) is -4.73. The summed E-state index contributed by atoms with van der Waals surface area (Å²) in [7, 11) is 0. The molecule has 0 fully saturated rings. The van der Waals surface area contributed by atoms with Crippen LogP contribution in [-0.2, 0) is 0 Å². The van der Waals surface area contributed by atoms with Gasteiger partial charge in [0.25, 0.3) is 0 Å². The summed E-state index contributed by atoms with van der Waals surface area (Å²) in [5.74, 6) is -0.308. The first kappa shape index (κ1) is 15.1. The summed E-state index contributed by atoms with van der Waals surface area (Å²) in [5, 5.41) is 9.17. The summed E-state index contributed by atoms with van der Waals surface area (Å²) < 4.78 is 41.1. The van der Waals surface area contributed by atoms with Crippen LogP contribution in [0.3, 0.4) is 0 Å². The second-order valence-electron chi connectivity index (χ2n) is 4.60. The lowest BCUT2D eigenvalue weighted by Gasteiger charge is -2.10. The molecule has 0 atom stereocenters. The van der Waals surface area contributed by atoms with Crippen molar-refractivity contribution in [2.45, 2.75) is 6.36 Å². The van der Waals surface area contributed by atoms with Crippen molar-refractivity contribution in [1.82, 2.24) is 4.98 Å². The van der Waals surface area contributed by atoms with Gasteiger partial charge in [0, 0.05) is 5.56 Å². The molecular formula is C15H8F3N3OS. The summed E-state index contributed by atoms with van der Waals surface area (Å²) in [4.78, 5) is 4.23. The first-order valence-corrected chi connectivity index (χ1v) is 7.19. The molecule has 0 amide bonds. The molecule has 0 aliphatic heterocycles. The molecule has 0 aliphatic rings. The van der Waals surface area contributed by atoms with Gasteiger partial charge in [0.2, 0.25) is 0 Å². The number of benzene rings is 2. The predicted molar refractivity (Wildman–Crippen MR) is 80.9 cm³/mol. The van der Waals surface area contributed by atoms with E-state index >= 15 is 0 Å². The number of hydrogen-bond donors (Lipinski definition) is 1. The highest BCUT2D eigenvalue weighted by molar-refractivity contribution is 7.17. The van der Waals surface area contributed by atoms with E-state index < -0.39 is 6.36 Å². The number of rotatable bonds is 2. The minimum atomic E-state index is -4.73. The van der Waals surface area contributed by atoms with E-state index in [1.807, 2.05) is 6.07 Å². The average Bonchev–Trinajstić information content (AvgIpc) is 2.95. The molecule has 8 heteroatoms. The van der Waals surface area contributed by atoms with Gasteiger partial charge in [-0.3, -0.25) is 0 Å². The van der Waals surface area contributed by atoms with Gasteiger partial charge in [0.05, 0.1) is 27.0 Å². The van der Waals surface area contributed by atoms with Crippen LogP contribution in [0.2, 0.25) is 0 Å². The number of nitrogens with zero attached hydrogens (tertiary/aromatic N) is 2. The summed E-state index contributed by atoms with van der Waals surface area (Å²) in [5.41, 5.74) is 10.0. The summed E-state index contributed by atoms with van der Waals surface area (Å²) in [6, 6.07) is 9.04. The van der Waals surface area contributed by atoms with Gasteiger partial charge >= 0.3 is 6.36 Å². The molecule has 0 unspecified atom stereocenters. The molecule has 0 radical (unpaired) electrons. The van der Waals surface area contributed by atoms with Crippen molar-refractivity contribution in [1.29, 1.82) is 5.26 Å². The van der Waals surface area contributed by atoms with Crippen molar-refractivity contribution in [2.24, 2.45) is 0 Å². The van der Waals surface area contributed by atoms with E-state index in [2.05, 4.69) is 9.72 Å². The molecule has 116 valence electrons. The molecule has 3 aromatic rings. The van der Waals surface area contributed by atoms with Crippen molar-refractivity contribution < 1.29 is 17.9 Å². The van der Waals surface area contributed by atoms with Gasteiger partial charge in [-0.1, -0.05) is 12.1 Å². The fraction of sp³-hybridized carbons (Fsp3) is 0.0667. The largest absolute Gasteiger partial charge is 0.573 e. The standard InChI is InChI=1S/C15H8F3N3OS/c16-15(17,18)22-9-3-1-8(2-4-9)10-5-12(20)11(6-19)14-13(10)21-7-23-14/h1-5,7H,20H2. The van der Waals surface area contributed by atoms with Gasteiger partial charge in [-0.15, -0.1) is 24.5 Å². The third-order valence-corrected chi connectivity index (χ3v) is 3.99. The highest BCUT2D eigenvalue weighted by Crippen LogP contribution is 2.36. The number of nitrogen functional groups attached to an aromatic ring is 1. The van der Waals surface area contributed by atoms with E-state index in [1.165, 1.54) is 35.6 Å². The highest BCUT2D eigenvalue weighted by atomic mass is 32.1. The van der Waals surface area contributed by atoms with Crippen LogP contribution in [0, 0.1) is 11.3 Å². The topological polar surface area (TPSA) is 71.9 Å². The Balaban J connectivity index is 2.08. The lowest BCUT2D eigenvalue weighted by atomic mass is 10.0. The van der Waals surface area contributed by atoms with Crippen molar-refractivity contribution >= 4 is 27.2 Å². The monoisotopic (exact) mass is 335 g/mol. The van der Waals surface area contributed by atoms with Crippen LogP contribution in [0.25, 0.3) is 21.3 Å². The molecule has 0 aliphatic carbocycles. The van der Waals surface area contributed by atoms with E-state index in [1.54, 1.807) is 11.6 Å². The van der Waals surface area contributed by atoms with E-state index in [-0.39, 0.29) is 5.75 Å². The Morgan fingerprint density at radius 3 is 2.52 bits per heavy atom. The number of ether oxygens (including phenoxy) is 1. The normalized spacial score (nSPS) is 11.4. The van der Waals surface area contributed by atoms with Gasteiger partial charge < -0.3 is 10.5 Å². The maximum Gasteiger partial charge on any atom is 0.573 e. The predicted octanol–water partition coefficient (Wildman–Crippen LogP) is 4.32. The van der Waals surface area contributed by atoms with Gasteiger partial charge in [-0.25, -0.2) is 4.98 Å². The number of halogens is 3. The minimum Gasteiger partial charge on any atom is -0.406 e. The van der Waals surface area contributed by atoms with Gasteiger partial charge in [-0.2, -0.15) is 5.26 Å². The molecule has 2 N–H and O–H groups in total. The van der Waals surface area contributed by atoms with Gasteiger partial charge in [0.1, 0.15) is 11.8 Å².